The molecule has 2 aliphatic rings. The van der Waals surface area contributed by atoms with Crippen LogP contribution < -0.4 is 10.1 Å². The molecule has 0 bridgehead atoms. The van der Waals surface area contributed by atoms with Crippen molar-refractivity contribution in [1.29, 1.82) is 0 Å². The summed E-state index contributed by atoms with van der Waals surface area (Å²) in [6.45, 7) is 5.32. The Kier molecular flexibility index (Phi) is 6.25. The molecule has 2 heterocycles. The van der Waals surface area contributed by atoms with E-state index in [2.05, 4.69) is 15.1 Å². The molecule has 3 N–H and O–H groups in total. The second-order valence-corrected chi connectivity index (χ2v) is 6.70. The van der Waals surface area contributed by atoms with Gasteiger partial charge in [-0.25, -0.2) is 0 Å². The van der Waals surface area contributed by atoms with E-state index in [1.54, 1.807) is 0 Å². The Morgan fingerprint density at radius 3 is 2.68 bits per heavy atom. The van der Waals surface area contributed by atoms with Crippen LogP contribution in [-0.4, -0.2) is 84.5 Å². The lowest BCUT2D eigenvalue weighted by Crippen LogP contribution is -2.49. The predicted molar refractivity (Wildman–Crippen MR) is 94.9 cm³/mol. The van der Waals surface area contributed by atoms with E-state index in [1.165, 1.54) is 0 Å². The van der Waals surface area contributed by atoms with Gasteiger partial charge < -0.3 is 20.3 Å². The van der Waals surface area contributed by atoms with E-state index < -0.39 is 6.10 Å². The van der Waals surface area contributed by atoms with Crippen molar-refractivity contribution in [3.05, 3.63) is 23.8 Å². The maximum Gasteiger partial charge on any atom is 0.224 e. The number of aliphatic hydroxyl groups is 2. The van der Waals surface area contributed by atoms with Gasteiger partial charge in [-0.15, -0.1) is 0 Å². The molecule has 7 heteroatoms. The van der Waals surface area contributed by atoms with Gasteiger partial charge in [0.1, 0.15) is 18.5 Å². The molecule has 1 fully saturated rings. The third-order valence-corrected chi connectivity index (χ3v) is 4.77. The zero-order valence-corrected chi connectivity index (χ0v) is 14.5. The van der Waals surface area contributed by atoms with Crippen LogP contribution in [0.25, 0.3) is 0 Å². The number of aryl methyl sites for hydroxylation is 1. The summed E-state index contributed by atoms with van der Waals surface area (Å²) >= 11 is 0. The Hall–Kier alpha value is -1.67. The quantitative estimate of drug-likeness (QED) is 0.639. The van der Waals surface area contributed by atoms with E-state index in [4.69, 9.17) is 9.84 Å². The molecule has 0 spiro atoms. The van der Waals surface area contributed by atoms with E-state index in [-0.39, 0.29) is 19.1 Å². The number of hydrogen-bond acceptors (Lipinski definition) is 6. The van der Waals surface area contributed by atoms with Crippen molar-refractivity contribution in [2.24, 2.45) is 0 Å². The van der Waals surface area contributed by atoms with E-state index >= 15 is 0 Å². The van der Waals surface area contributed by atoms with Crippen LogP contribution in [0.3, 0.4) is 0 Å². The second kappa shape index (κ2) is 8.62. The van der Waals surface area contributed by atoms with Crippen molar-refractivity contribution < 1.29 is 19.7 Å². The first-order chi connectivity index (χ1) is 12.1. The number of nitrogens with one attached hydrogen (secondary N) is 1. The molecule has 1 unspecified atom stereocenters. The van der Waals surface area contributed by atoms with Crippen molar-refractivity contribution in [2.45, 2.75) is 18.9 Å². The zero-order valence-electron chi connectivity index (χ0n) is 14.5. The summed E-state index contributed by atoms with van der Waals surface area (Å²) in [6, 6.07) is 5.68. The number of fused-ring (bicyclic) bond motifs is 1. The molecule has 25 heavy (non-hydrogen) atoms. The van der Waals surface area contributed by atoms with Crippen LogP contribution in [0.1, 0.15) is 12.0 Å². The van der Waals surface area contributed by atoms with Gasteiger partial charge in [0.2, 0.25) is 5.91 Å². The Morgan fingerprint density at radius 1 is 1.16 bits per heavy atom. The van der Waals surface area contributed by atoms with Crippen molar-refractivity contribution in [3.63, 3.8) is 0 Å². The minimum absolute atomic E-state index is 0.0324. The zero-order chi connectivity index (χ0) is 17.6. The molecular formula is C18H27N3O4. The lowest BCUT2D eigenvalue weighted by Gasteiger charge is -2.35. The predicted octanol–water partition coefficient (Wildman–Crippen LogP) is -0.0791. The Bertz CT molecular complexity index is 588. The van der Waals surface area contributed by atoms with Gasteiger partial charge in [0.25, 0.3) is 0 Å². The Balaban J connectivity index is 1.43. The van der Waals surface area contributed by atoms with Crippen molar-refractivity contribution >= 4 is 11.6 Å². The summed E-state index contributed by atoms with van der Waals surface area (Å²) in [4.78, 5) is 15.9. The SMILES string of the molecule is O=C1CCc2ccc(OCC(O)CN3CCN(CCO)CC3)cc2N1. The first kappa shape index (κ1) is 18.1. The summed E-state index contributed by atoms with van der Waals surface area (Å²) < 4.78 is 5.70. The number of nitrogens with zero attached hydrogens (tertiary/aromatic N) is 2. The molecule has 1 aromatic carbocycles. The molecular weight excluding hydrogens is 322 g/mol. The molecule has 0 saturated carbocycles. The number of amides is 1. The van der Waals surface area contributed by atoms with Crippen LogP contribution in [0.15, 0.2) is 18.2 Å². The topological polar surface area (TPSA) is 85.3 Å². The standard InChI is InChI=1S/C18H27N3O4/c22-10-9-20-5-7-21(8-6-20)12-15(23)13-25-16-3-1-14-2-4-18(24)19-17(14)11-16/h1,3,11,15,22-23H,2,4-10,12-13H2,(H,19,24). The number of piperazine rings is 1. The molecule has 1 atom stereocenters. The Labute approximate surface area is 148 Å². The second-order valence-electron chi connectivity index (χ2n) is 6.70. The minimum atomic E-state index is -0.560. The monoisotopic (exact) mass is 349 g/mol. The summed E-state index contributed by atoms with van der Waals surface area (Å²) in [5.41, 5.74) is 1.93. The van der Waals surface area contributed by atoms with Gasteiger partial charge in [-0.2, -0.15) is 0 Å². The van der Waals surface area contributed by atoms with Gasteiger partial charge in [0.05, 0.1) is 6.61 Å². The van der Waals surface area contributed by atoms with Crippen molar-refractivity contribution in [2.75, 3.05) is 57.8 Å². The van der Waals surface area contributed by atoms with Crippen LogP contribution in [0.5, 0.6) is 5.75 Å². The number of benzene rings is 1. The van der Waals surface area contributed by atoms with E-state index in [0.717, 1.165) is 43.9 Å². The molecule has 7 nitrogen and oxygen atoms in total. The smallest absolute Gasteiger partial charge is 0.224 e. The number of carbonyl (C=O) groups is 1. The average molecular weight is 349 g/mol. The number of β-amino-alcohol motifs (C(OH)–C–C–N with tert-alkyl or cyclic N) is 2. The average Bonchev–Trinajstić information content (AvgIpc) is 2.61. The van der Waals surface area contributed by atoms with E-state index in [0.29, 0.717) is 25.3 Å². The summed E-state index contributed by atoms with van der Waals surface area (Å²) in [5, 5.41) is 22.0. The van der Waals surface area contributed by atoms with Crippen LogP contribution in [0.4, 0.5) is 5.69 Å². The molecule has 3 rings (SSSR count). The number of carbonyl (C=O) groups excluding carboxylic acids is 1. The lowest BCUT2D eigenvalue weighted by molar-refractivity contribution is -0.116. The highest BCUT2D eigenvalue weighted by Crippen LogP contribution is 2.27. The van der Waals surface area contributed by atoms with Crippen LogP contribution in [-0.2, 0) is 11.2 Å². The van der Waals surface area contributed by atoms with Crippen LogP contribution >= 0.6 is 0 Å². The fourth-order valence-corrected chi connectivity index (χ4v) is 3.32. The maximum absolute atomic E-state index is 11.5. The van der Waals surface area contributed by atoms with Gasteiger partial charge >= 0.3 is 0 Å². The molecule has 1 amide bonds. The van der Waals surface area contributed by atoms with Crippen molar-refractivity contribution in [1.82, 2.24) is 9.80 Å². The largest absolute Gasteiger partial charge is 0.491 e. The van der Waals surface area contributed by atoms with Gasteiger partial charge in [0, 0.05) is 57.4 Å². The molecule has 1 aromatic rings. The van der Waals surface area contributed by atoms with Crippen molar-refractivity contribution in [3.8, 4) is 5.75 Å². The number of anilines is 1. The number of aliphatic hydroxyl groups excluding tert-OH is 2. The summed E-state index contributed by atoms with van der Waals surface area (Å²) in [5.74, 6) is 0.692. The molecule has 0 aromatic heterocycles. The van der Waals surface area contributed by atoms with Crippen LogP contribution in [0, 0.1) is 0 Å². The molecule has 1 saturated heterocycles. The maximum atomic E-state index is 11.5. The molecule has 138 valence electrons. The highest BCUT2D eigenvalue weighted by molar-refractivity contribution is 5.94. The highest BCUT2D eigenvalue weighted by Gasteiger charge is 2.19. The summed E-state index contributed by atoms with van der Waals surface area (Å²) in [7, 11) is 0. The molecule has 2 aliphatic heterocycles. The van der Waals surface area contributed by atoms with E-state index in [9.17, 15) is 9.90 Å². The third-order valence-electron chi connectivity index (χ3n) is 4.77. The number of ether oxygens (including phenoxy) is 1. The molecule has 0 aliphatic carbocycles. The van der Waals surface area contributed by atoms with Gasteiger partial charge in [-0.05, 0) is 18.1 Å². The summed E-state index contributed by atoms with van der Waals surface area (Å²) in [6.07, 6.45) is 0.721. The number of hydrogen-bond donors (Lipinski definition) is 3. The fraction of sp³-hybridized carbons (Fsp3) is 0.611. The fourth-order valence-electron chi connectivity index (χ4n) is 3.32. The first-order valence-corrected chi connectivity index (χ1v) is 8.93. The van der Waals surface area contributed by atoms with Crippen LogP contribution in [0.2, 0.25) is 0 Å². The highest BCUT2D eigenvalue weighted by atomic mass is 16.5. The lowest BCUT2D eigenvalue weighted by atomic mass is 10.0. The molecule has 0 radical (unpaired) electrons. The van der Waals surface area contributed by atoms with Gasteiger partial charge in [0.15, 0.2) is 0 Å². The Morgan fingerprint density at radius 2 is 1.92 bits per heavy atom. The first-order valence-electron chi connectivity index (χ1n) is 8.93. The van der Waals surface area contributed by atoms with Gasteiger partial charge in [-0.3, -0.25) is 14.6 Å². The normalized spacial score (nSPS) is 20.0. The van der Waals surface area contributed by atoms with Gasteiger partial charge in [-0.1, -0.05) is 6.07 Å². The number of rotatable bonds is 7. The third kappa shape index (κ3) is 5.15. The van der Waals surface area contributed by atoms with E-state index in [1.807, 2.05) is 18.2 Å². The minimum Gasteiger partial charge on any atom is -0.491 e.